The number of β-amino-alcohol motifs (C(OH)–C–C–N with tert-alkyl or cyclic N) is 1. The van der Waals surface area contributed by atoms with Crippen LogP contribution in [0.3, 0.4) is 0 Å². The molecule has 0 unspecified atom stereocenters. The van der Waals surface area contributed by atoms with Crippen LogP contribution >= 0.6 is 0 Å². The Kier molecular flexibility index (Phi) is 10.1. The molecule has 4 N–H and O–H groups in total. The number of hydrogen-bond acceptors (Lipinski definition) is 6. The van der Waals surface area contributed by atoms with Gasteiger partial charge in [-0.25, -0.2) is 0 Å². The van der Waals surface area contributed by atoms with E-state index in [0.717, 1.165) is 51.4 Å². The standard InChI is InChI=1S/2C13H20N2O/c1-11-9-15(8-7-14-11)13(10-16)12-5-3-2-4-6-12;1-11-9-15(8-7-14-11)10-13(16)12-5-3-2-4-6-12/h2*2-6,11,13-14,16H,7-10H2,1H3/t11-,13+;11-,13-/m11/s1. The molecule has 2 aliphatic rings. The highest BCUT2D eigenvalue weighted by Gasteiger charge is 2.24. The van der Waals surface area contributed by atoms with Gasteiger partial charge in [-0.2, -0.15) is 0 Å². The summed E-state index contributed by atoms with van der Waals surface area (Å²) in [6, 6.07) is 21.3. The molecule has 176 valence electrons. The van der Waals surface area contributed by atoms with Crippen molar-refractivity contribution in [3.05, 3.63) is 71.8 Å². The van der Waals surface area contributed by atoms with Crippen molar-refractivity contribution in [2.45, 2.75) is 38.1 Å². The molecule has 0 spiro atoms. The van der Waals surface area contributed by atoms with Crippen molar-refractivity contribution in [2.75, 3.05) is 52.4 Å². The van der Waals surface area contributed by atoms with Gasteiger partial charge in [0.15, 0.2) is 0 Å². The van der Waals surface area contributed by atoms with Crippen molar-refractivity contribution in [3.8, 4) is 0 Å². The van der Waals surface area contributed by atoms with E-state index in [1.54, 1.807) is 0 Å². The summed E-state index contributed by atoms with van der Waals surface area (Å²) >= 11 is 0. The summed E-state index contributed by atoms with van der Waals surface area (Å²) in [4.78, 5) is 4.68. The van der Waals surface area contributed by atoms with Crippen molar-refractivity contribution in [3.63, 3.8) is 0 Å². The minimum atomic E-state index is -0.369. The molecule has 0 saturated carbocycles. The summed E-state index contributed by atoms with van der Waals surface area (Å²) in [5.74, 6) is 0. The second-order valence-electron chi connectivity index (χ2n) is 9.00. The van der Waals surface area contributed by atoms with E-state index in [0.29, 0.717) is 12.1 Å². The van der Waals surface area contributed by atoms with Crippen LogP contribution in [-0.2, 0) is 0 Å². The first kappa shape index (κ1) is 24.8. The van der Waals surface area contributed by atoms with E-state index in [4.69, 9.17) is 0 Å². The minimum Gasteiger partial charge on any atom is -0.394 e. The van der Waals surface area contributed by atoms with Gasteiger partial charge in [0.2, 0.25) is 0 Å². The lowest BCUT2D eigenvalue weighted by atomic mass is 10.0. The van der Waals surface area contributed by atoms with Crippen LogP contribution in [0.4, 0.5) is 0 Å². The van der Waals surface area contributed by atoms with Crippen LogP contribution in [0, 0.1) is 0 Å². The number of aliphatic hydroxyl groups excluding tert-OH is 2. The molecule has 2 saturated heterocycles. The summed E-state index contributed by atoms with van der Waals surface area (Å²) in [5, 5.41) is 26.5. The minimum absolute atomic E-state index is 0.144. The third-order valence-corrected chi connectivity index (χ3v) is 6.27. The first-order chi connectivity index (χ1) is 15.6. The molecule has 2 aromatic rings. The van der Waals surface area contributed by atoms with Crippen LogP contribution in [0.1, 0.15) is 37.1 Å². The smallest absolute Gasteiger partial charge is 0.0916 e. The van der Waals surface area contributed by atoms with Gasteiger partial charge in [0.05, 0.1) is 18.8 Å². The van der Waals surface area contributed by atoms with Gasteiger partial charge in [0.1, 0.15) is 0 Å². The average molecular weight is 441 g/mol. The fourth-order valence-corrected chi connectivity index (χ4v) is 4.56. The molecular weight excluding hydrogens is 400 g/mol. The molecule has 2 aromatic carbocycles. The number of piperazine rings is 2. The lowest BCUT2D eigenvalue weighted by Crippen LogP contribution is -2.50. The highest BCUT2D eigenvalue weighted by atomic mass is 16.3. The molecule has 0 bridgehead atoms. The number of benzene rings is 2. The average Bonchev–Trinajstić information content (AvgIpc) is 2.81. The summed E-state index contributed by atoms with van der Waals surface area (Å²) in [5.41, 5.74) is 2.22. The Morgan fingerprint density at radius 1 is 0.844 bits per heavy atom. The van der Waals surface area contributed by atoms with E-state index < -0.39 is 0 Å². The van der Waals surface area contributed by atoms with Gasteiger partial charge in [0.25, 0.3) is 0 Å². The Morgan fingerprint density at radius 3 is 1.97 bits per heavy atom. The maximum atomic E-state index is 10.1. The van der Waals surface area contributed by atoms with Crippen LogP contribution in [-0.4, -0.2) is 84.5 Å². The maximum absolute atomic E-state index is 10.1. The second kappa shape index (κ2) is 13.0. The fraction of sp³-hybridized carbons (Fsp3) is 0.538. The number of nitrogens with zero attached hydrogens (tertiary/aromatic N) is 2. The number of nitrogens with one attached hydrogen (secondary N) is 2. The van der Waals surface area contributed by atoms with E-state index in [1.807, 2.05) is 48.5 Å². The topological polar surface area (TPSA) is 71.0 Å². The molecule has 6 nitrogen and oxygen atoms in total. The van der Waals surface area contributed by atoms with E-state index >= 15 is 0 Å². The second-order valence-corrected chi connectivity index (χ2v) is 9.00. The summed E-state index contributed by atoms with van der Waals surface area (Å²) in [6.07, 6.45) is -0.369. The Hall–Kier alpha value is -1.80. The van der Waals surface area contributed by atoms with Crippen LogP contribution < -0.4 is 10.6 Å². The van der Waals surface area contributed by atoms with Crippen molar-refractivity contribution in [1.82, 2.24) is 20.4 Å². The van der Waals surface area contributed by atoms with Gasteiger partial charge < -0.3 is 20.8 Å². The van der Waals surface area contributed by atoms with Gasteiger partial charge in [-0.05, 0) is 25.0 Å². The molecular formula is C26H40N4O2. The lowest BCUT2D eigenvalue weighted by molar-refractivity contribution is 0.0961. The van der Waals surface area contributed by atoms with E-state index in [-0.39, 0.29) is 18.8 Å². The molecule has 4 atom stereocenters. The molecule has 0 amide bonds. The predicted molar refractivity (Wildman–Crippen MR) is 131 cm³/mol. The van der Waals surface area contributed by atoms with Gasteiger partial charge in [0, 0.05) is 57.9 Å². The molecule has 2 aliphatic heterocycles. The molecule has 0 aromatic heterocycles. The summed E-state index contributed by atoms with van der Waals surface area (Å²) in [6.45, 7) is 11.4. The Morgan fingerprint density at radius 2 is 1.41 bits per heavy atom. The van der Waals surface area contributed by atoms with Crippen LogP contribution in [0.5, 0.6) is 0 Å². The van der Waals surface area contributed by atoms with Crippen molar-refractivity contribution >= 4 is 0 Å². The highest BCUT2D eigenvalue weighted by Crippen LogP contribution is 2.21. The first-order valence-electron chi connectivity index (χ1n) is 11.9. The van der Waals surface area contributed by atoms with Crippen molar-refractivity contribution in [2.24, 2.45) is 0 Å². The van der Waals surface area contributed by atoms with Crippen LogP contribution in [0.25, 0.3) is 0 Å². The van der Waals surface area contributed by atoms with Crippen LogP contribution in [0.2, 0.25) is 0 Å². The monoisotopic (exact) mass is 440 g/mol. The molecule has 0 aliphatic carbocycles. The van der Waals surface area contributed by atoms with Gasteiger partial charge in [-0.3, -0.25) is 9.80 Å². The van der Waals surface area contributed by atoms with E-state index in [2.05, 4.69) is 46.4 Å². The quantitative estimate of drug-likeness (QED) is 0.551. The Bertz CT molecular complexity index is 761. The highest BCUT2D eigenvalue weighted by molar-refractivity contribution is 5.19. The third kappa shape index (κ3) is 7.66. The lowest BCUT2D eigenvalue weighted by Gasteiger charge is -2.37. The number of rotatable bonds is 6. The van der Waals surface area contributed by atoms with Gasteiger partial charge >= 0.3 is 0 Å². The van der Waals surface area contributed by atoms with Crippen molar-refractivity contribution < 1.29 is 10.2 Å². The Labute approximate surface area is 193 Å². The SMILES string of the molecule is C[C@@H]1CN(C[C@@H](O)c2ccccc2)CCN1.C[C@@H]1CN([C@@H](CO)c2ccccc2)CCN1. The largest absolute Gasteiger partial charge is 0.394 e. The number of aliphatic hydroxyl groups is 2. The van der Waals surface area contributed by atoms with Gasteiger partial charge in [-0.1, -0.05) is 60.7 Å². The molecule has 2 heterocycles. The van der Waals surface area contributed by atoms with E-state index in [9.17, 15) is 10.2 Å². The molecule has 4 rings (SSSR count). The third-order valence-electron chi connectivity index (χ3n) is 6.27. The molecule has 0 radical (unpaired) electrons. The summed E-state index contributed by atoms with van der Waals surface area (Å²) < 4.78 is 0. The predicted octanol–water partition coefficient (Wildman–Crippen LogP) is 2.03. The van der Waals surface area contributed by atoms with E-state index in [1.165, 1.54) is 5.56 Å². The molecule has 2 fully saturated rings. The zero-order valence-corrected chi connectivity index (χ0v) is 19.5. The fourth-order valence-electron chi connectivity index (χ4n) is 4.56. The zero-order valence-electron chi connectivity index (χ0n) is 19.5. The van der Waals surface area contributed by atoms with Gasteiger partial charge in [-0.15, -0.1) is 0 Å². The first-order valence-corrected chi connectivity index (χ1v) is 11.9. The normalized spacial score (nSPS) is 24.2. The summed E-state index contributed by atoms with van der Waals surface area (Å²) in [7, 11) is 0. The zero-order chi connectivity index (χ0) is 22.8. The maximum Gasteiger partial charge on any atom is 0.0916 e. The number of hydrogen-bond donors (Lipinski definition) is 4. The van der Waals surface area contributed by atoms with Crippen molar-refractivity contribution in [1.29, 1.82) is 0 Å². The molecule has 32 heavy (non-hydrogen) atoms. The molecule has 6 heteroatoms. The Balaban J connectivity index is 0.000000181. The van der Waals surface area contributed by atoms with Crippen LogP contribution in [0.15, 0.2) is 60.7 Å².